The Morgan fingerprint density at radius 3 is 2.04 bits per heavy atom. The fraction of sp³-hybridized carbons (Fsp3) is 0.205. The molecule has 4 aromatic carbocycles. The van der Waals surface area contributed by atoms with Crippen molar-refractivity contribution in [2.24, 2.45) is 11.8 Å². The summed E-state index contributed by atoms with van der Waals surface area (Å²) in [4.78, 5) is 59.6. The fourth-order valence-corrected chi connectivity index (χ4v) is 8.01. The lowest BCUT2D eigenvalue weighted by Gasteiger charge is -2.29. The molecule has 1 aliphatic heterocycles. The van der Waals surface area contributed by atoms with Gasteiger partial charge in [-0.15, -0.1) is 0 Å². The van der Waals surface area contributed by atoms with E-state index in [4.69, 9.17) is 21.3 Å². The highest BCUT2D eigenvalue weighted by Crippen LogP contribution is 2.44. The van der Waals surface area contributed by atoms with Crippen molar-refractivity contribution in [1.82, 2.24) is 4.98 Å². The van der Waals surface area contributed by atoms with Crippen molar-refractivity contribution in [3.05, 3.63) is 119 Å². The average molecular weight is 801 g/mol. The summed E-state index contributed by atoms with van der Waals surface area (Å²) >= 11 is 13.7. The fourth-order valence-electron chi connectivity index (χ4n) is 6.62. The largest absolute Gasteiger partial charge is 0.454 e. The second kappa shape index (κ2) is 13.6. The first-order chi connectivity index (χ1) is 23.6. The predicted molar refractivity (Wildman–Crippen MR) is 198 cm³/mol. The molecule has 2 aliphatic rings. The number of amides is 2. The number of esters is 1. The van der Waals surface area contributed by atoms with Crippen molar-refractivity contribution in [3.8, 4) is 22.4 Å². The second-order valence-corrected chi connectivity index (χ2v) is 15.1. The number of Topliss-reactive ketones (excluding diaryl/α,β-unsaturated/α-hetero) is 1. The summed E-state index contributed by atoms with van der Waals surface area (Å²) in [6.45, 7) is 1.39. The first-order valence-corrected chi connectivity index (χ1v) is 18.0. The van der Waals surface area contributed by atoms with E-state index in [2.05, 4.69) is 31.9 Å². The molecule has 0 bridgehead atoms. The summed E-state index contributed by atoms with van der Waals surface area (Å²) in [5, 5.41) is 1.03. The van der Waals surface area contributed by atoms with Crippen LogP contribution in [0.3, 0.4) is 0 Å². The Labute approximate surface area is 304 Å². The maximum absolute atomic E-state index is 13.6. The second-order valence-electron chi connectivity index (χ2n) is 12.3. The summed E-state index contributed by atoms with van der Waals surface area (Å²) in [6.07, 6.45) is 1.18. The van der Waals surface area contributed by atoms with Gasteiger partial charge in [0.25, 0.3) is 0 Å². The molecule has 1 saturated heterocycles. The topological polar surface area (TPSA) is 93.6 Å². The van der Waals surface area contributed by atoms with Crippen LogP contribution in [0.1, 0.15) is 39.1 Å². The standard InChI is InChI=1S/C39H29Br2ClN2O5/c1-21-33(42)16-15-27-30(39(48)49-20-35(45)25-9-7-23(8-10-25)22-5-3-2-4-6-22)19-34(43-36(21)27)24-11-13-26(14-12-24)44-37(46)28-17-31(40)32(41)18-29(28)38(44)47/h2-16,19,28-29,31-32H,17-18,20H2,1H3. The molecular formula is C39H29Br2ClN2O5. The molecule has 4 unspecified atom stereocenters. The Morgan fingerprint density at radius 2 is 1.41 bits per heavy atom. The number of fused-ring (bicyclic) bond motifs is 2. The highest BCUT2D eigenvalue weighted by molar-refractivity contribution is 9.12. The molecule has 0 N–H and O–H groups in total. The van der Waals surface area contributed by atoms with E-state index < -0.39 is 12.6 Å². The van der Waals surface area contributed by atoms with Gasteiger partial charge in [0.1, 0.15) is 0 Å². The molecule has 10 heteroatoms. The normalized spacial score (nSPS) is 20.4. The van der Waals surface area contributed by atoms with Gasteiger partial charge in [0.05, 0.1) is 34.3 Å². The van der Waals surface area contributed by atoms with Crippen LogP contribution in [0.4, 0.5) is 5.69 Å². The molecular weight excluding hydrogens is 772 g/mol. The number of rotatable bonds is 7. The molecule has 2 amide bonds. The van der Waals surface area contributed by atoms with Gasteiger partial charge in [-0.25, -0.2) is 9.78 Å². The van der Waals surface area contributed by atoms with Gasteiger partial charge in [-0.1, -0.05) is 116 Å². The van der Waals surface area contributed by atoms with Crippen LogP contribution >= 0.6 is 43.5 Å². The van der Waals surface area contributed by atoms with E-state index in [0.29, 0.717) is 56.8 Å². The number of alkyl halides is 2. The molecule has 4 atom stereocenters. The lowest BCUT2D eigenvalue weighted by Crippen LogP contribution is -2.34. The molecule has 5 aromatic rings. The average Bonchev–Trinajstić information content (AvgIpc) is 3.36. The molecule has 2 heterocycles. The maximum atomic E-state index is 13.6. The van der Waals surface area contributed by atoms with Crippen molar-refractivity contribution in [2.45, 2.75) is 29.4 Å². The van der Waals surface area contributed by atoms with Crippen LogP contribution in [0.2, 0.25) is 5.02 Å². The number of imide groups is 1. The van der Waals surface area contributed by atoms with Gasteiger partial charge in [-0.2, -0.15) is 0 Å². The minimum atomic E-state index is -0.674. The number of ether oxygens (including phenoxy) is 1. The molecule has 2 fully saturated rings. The molecule has 0 radical (unpaired) electrons. The van der Waals surface area contributed by atoms with Gasteiger partial charge >= 0.3 is 5.97 Å². The van der Waals surface area contributed by atoms with Crippen LogP contribution in [0.15, 0.2) is 97.1 Å². The van der Waals surface area contributed by atoms with E-state index in [0.717, 1.165) is 11.1 Å². The monoisotopic (exact) mass is 798 g/mol. The van der Waals surface area contributed by atoms with E-state index in [9.17, 15) is 19.2 Å². The Bertz CT molecular complexity index is 2090. The number of aromatic nitrogens is 1. The molecule has 0 spiro atoms. The van der Waals surface area contributed by atoms with E-state index in [1.54, 1.807) is 54.6 Å². The third-order valence-electron chi connectivity index (χ3n) is 9.37. The van der Waals surface area contributed by atoms with Gasteiger partial charge in [0.15, 0.2) is 12.4 Å². The number of carbonyl (C=O) groups excluding carboxylic acids is 4. The Hall–Kier alpha value is -4.18. The van der Waals surface area contributed by atoms with Gasteiger partial charge in [0.2, 0.25) is 11.8 Å². The van der Waals surface area contributed by atoms with E-state index in [1.807, 2.05) is 49.4 Å². The van der Waals surface area contributed by atoms with Crippen LogP contribution in [-0.2, 0) is 14.3 Å². The number of hydrogen-bond donors (Lipinski definition) is 0. The molecule has 246 valence electrons. The van der Waals surface area contributed by atoms with Crippen molar-refractivity contribution in [1.29, 1.82) is 0 Å². The lowest BCUT2D eigenvalue weighted by molar-refractivity contribution is -0.122. The number of anilines is 1. The van der Waals surface area contributed by atoms with Gasteiger partial charge in [0, 0.05) is 31.2 Å². The van der Waals surface area contributed by atoms with Gasteiger partial charge < -0.3 is 4.74 Å². The first-order valence-electron chi connectivity index (χ1n) is 15.8. The van der Waals surface area contributed by atoms with Crippen molar-refractivity contribution >= 4 is 83.6 Å². The molecule has 49 heavy (non-hydrogen) atoms. The first kappa shape index (κ1) is 33.3. The van der Waals surface area contributed by atoms with E-state index in [-0.39, 0.29) is 44.7 Å². The molecule has 7 nitrogen and oxygen atoms in total. The highest BCUT2D eigenvalue weighted by atomic mass is 79.9. The molecule has 1 saturated carbocycles. The van der Waals surface area contributed by atoms with Crippen LogP contribution in [0, 0.1) is 18.8 Å². The summed E-state index contributed by atoms with van der Waals surface area (Å²) in [5.74, 6) is -2.08. The summed E-state index contributed by atoms with van der Waals surface area (Å²) < 4.78 is 5.56. The number of carbonyl (C=O) groups is 4. The zero-order chi connectivity index (χ0) is 34.4. The zero-order valence-corrected chi connectivity index (χ0v) is 30.2. The Balaban J connectivity index is 1.13. The highest BCUT2D eigenvalue weighted by Gasteiger charge is 2.52. The molecule has 1 aromatic heterocycles. The number of halogens is 3. The number of aryl methyl sites for hydroxylation is 1. The van der Waals surface area contributed by atoms with Crippen molar-refractivity contribution in [3.63, 3.8) is 0 Å². The third kappa shape index (κ3) is 6.35. The van der Waals surface area contributed by atoms with Crippen molar-refractivity contribution in [2.75, 3.05) is 11.5 Å². The number of benzene rings is 4. The quantitative estimate of drug-likeness (QED) is 0.0707. The number of hydrogen-bond acceptors (Lipinski definition) is 6. The minimum absolute atomic E-state index is 0.120. The summed E-state index contributed by atoms with van der Waals surface area (Å²) in [6, 6.07) is 29.0. The summed E-state index contributed by atoms with van der Waals surface area (Å²) in [5.41, 5.74) is 5.50. The van der Waals surface area contributed by atoms with Crippen LogP contribution in [0.5, 0.6) is 0 Å². The Kier molecular flexibility index (Phi) is 9.26. The molecule has 7 rings (SSSR count). The number of ketones is 1. The number of nitrogens with zero attached hydrogens (tertiary/aromatic N) is 2. The summed E-state index contributed by atoms with van der Waals surface area (Å²) in [7, 11) is 0. The third-order valence-corrected chi connectivity index (χ3v) is 12.5. The van der Waals surface area contributed by atoms with Gasteiger partial charge in [-0.05, 0) is 60.7 Å². The maximum Gasteiger partial charge on any atom is 0.339 e. The predicted octanol–water partition coefficient (Wildman–Crippen LogP) is 9.00. The SMILES string of the molecule is Cc1c(Cl)ccc2c(C(=O)OCC(=O)c3ccc(-c4ccccc4)cc3)cc(-c3ccc(N4C(=O)C5CC(Br)C(Br)CC5C4=O)cc3)nc12. The minimum Gasteiger partial charge on any atom is -0.454 e. The van der Waals surface area contributed by atoms with E-state index in [1.165, 1.54) is 4.90 Å². The zero-order valence-electron chi connectivity index (χ0n) is 26.2. The van der Waals surface area contributed by atoms with Crippen LogP contribution in [0.25, 0.3) is 33.3 Å². The molecule has 1 aliphatic carbocycles. The lowest BCUT2D eigenvalue weighted by atomic mass is 9.81. The van der Waals surface area contributed by atoms with Crippen molar-refractivity contribution < 1.29 is 23.9 Å². The van der Waals surface area contributed by atoms with Crippen LogP contribution in [-0.4, -0.2) is 44.8 Å². The number of pyridine rings is 1. The van der Waals surface area contributed by atoms with Crippen LogP contribution < -0.4 is 4.90 Å². The Morgan fingerprint density at radius 1 is 0.816 bits per heavy atom. The van der Waals surface area contributed by atoms with Gasteiger partial charge in [-0.3, -0.25) is 19.3 Å². The smallest absolute Gasteiger partial charge is 0.339 e. The van der Waals surface area contributed by atoms with E-state index >= 15 is 0 Å².